The predicted octanol–water partition coefficient (Wildman–Crippen LogP) is 3.20. The highest BCUT2D eigenvalue weighted by Gasteiger charge is 2.16. The van der Waals surface area contributed by atoms with Crippen LogP contribution in [0.5, 0.6) is 0 Å². The Bertz CT molecular complexity index is 476. The topological polar surface area (TPSA) is 12.0 Å². The zero-order valence-electron chi connectivity index (χ0n) is 9.69. The summed E-state index contributed by atoms with van der Waals surface area (Å²) in [5.74, 6) is 0. The highest BCUT2D eigenvalue weighted by atomic mass is 14.9. The molecule has 2 aromatic rings. The molecule has 0 fully saturated rings. The van der Waals surface area contributed by atoms with Gasteiger partial charge in [-0.3, -0.25) is 0 Å². The molecule has 2 aromatic carbocycles. The van der Waals surface area contributed by atoms with Crippen molar-refractivity contribution in [2.45, 2.75) is 0 Å². The van der Waals surface area contributed by atoms with Crippen molar-refractivity contribution in [3.8, 4) is 0 Å². The van der Waals surface area contributed by atoms with Crippen LogP contribution in [0.15, 0.2) is 60.7 Å². The van der Waals surface area contributed by atoms with E-state index < -0.39 is 0 Å². The van der Waals surface area contributed by atoms with Gasteiger partial charge in [-0.25, -0.2) is 0 Å². The van der Waals surface area contributed by atoms with Gasteiger partial charge in [0, 0.05) is 13.1 Å². The Morgan fingerprint density at radius 2 is 1.00 bits per heavy atom. The molecule has 0 atom stereocenters. The highest BCUT2D eigenvalue weighted by Crippen LogP contribution is 2.28. The predicted molar refractivity (Wildman–Crippen MR) is 72.6 cm³/mol. The Kier molecular flexibility index (Phi) is 2.76. The van der Waals surface area contributed by atoms with E-state index in [-0.39, 0.29) is 0 Å². The van der Waals surface area contributed by atoms with Gasteiger partial charge in [0.25, 0.3) is 0 Å². The van der Waals surface area contributed by atoms with Crippen LogP contribution >= 0.6 is 0 Å². The van der Waals surface area contributed by atoms with Crippen molar-refractivity contribution in [1.29, 1.82) is 0 Å². The molecule has 0 bridgehead atoms. The number of hydrogen-bond acceptors (Lipinski definition) is 1. The summed E-state index contributed by atoms with van der Waals surface area (Å²) in [6.45, 7) is 1.93. The first-order valence-corrected chi connectivity index (χ1v) is 5.99. The minimum Gasteiger partial charge on any atom is -0.309 e. The Hall–Kier alpha value is -1.86. The molecule has 0 saturated heterocycles. The van der Waals surface area contributed by atoms with Crippen LogP contribution in [0.25, 0.3) is 11.1 Å². The van der Waals surface area contributed by atoms with Gasteiger partial charge < -0.3 is 5.32 Å². The monoisotopic (exact) mass is 221 g/mol. The largest absolute Gasteiger partial charge is 0.309 e. The fourth-order valence-electron chi connectivity index (χ4n) is 2.36. The molecule has 1 nitrogen and oxygen atoms in total. The summed E-state index contributed by atoms with van der Waals surface area (Å²) in [7, 11) is 0. The first-order chi connectivity index (χ1) is 8.45. The molecule has 1 heteroatoms. The van der Waals surface area contributed by atoms with Crippen LogP contribution < -0.4 is 5.32 Å². The zero-order chi connectivity index (χ0) is 11.5. The molecule has 0 aliphatic carbocycles. The van der Waals surface area contributed by atoms with Gasteiger partial charge >= 0.3 is 0 Å². The Balaban J connectivity index is 2.08. The molecule has 1 aliphatic heterocycles. The van der Waals surface area contributed by atoms with E-state index in [4.69, 9.17) is 0 Å². The van der Waals surface area contributed by atoms with E-state index in [1.54, 1.807) is 0 Å². The summed E-state index contributed by atoms with van der Waals surface area (Å²) in [5, 5.41) is 3.45. The lowest BCUT2D eigenvalue weighted by molar-refractivity contribution is 0.903. The van der Waals surface area contributed by atoms with Crippen LogP contribution in [0.2, 0.25) is 0 Å². The molecule has 0 spiro atoms. The smallest absolute Gasteiger partial charge is 0.0218 e. The lowest BCUT2D eigenvalue weighted by Crippen LogP contribution is -2.08. The maximum absolute atomic E-state index is 3.45. The molecule has 0 aromatic heterocycles. The van der Waals surface area contributed by atoms with Crippen molar-refractivity contribution in [2.75, 3.05) is 13.1 Å². The van der Waals surface area contributed by atoms with Crippen molar-refractivity contribution in [2.24, 2.45) is 0 Å². The number of hydrogen-bond donors (Lipinski definition) is 1. The van der Waals surface area contributed by atoms with E-state index in [0.29, 0.717) is 0 Å². The minimum atomic E-state index is 0.967. The van der Waals surface area contributed by atoms with Gasteiger partial charge in [-0.15, -0.1) is 0 Å². The second-order valence-corrected chi connectivity index (χ2v) is 4.29. The van der Waals surface area contributed by atoms with Crippen LogP contribution in [0.1, 0.15) is 11.1 Å². The normalized spacial score (nSPS) is 15.3. The minimum absolute atomic E-state index is 0.967. The van der Waals surface area contributed by atoms with Crippen LogP contribution in [0, 0.1) is 0 Å². The third kappa shape index (κ3) is 2.02. The van der Waals surface area contributed by atoms with Crippen molar-refractivity contribution >= 4 is 11.1 Å². The van der Waals surface area contributed by atoms with Gasteiger partial charge in [-0.05, 0) is 22.3 Å². The molecule has 0 radical (unpaired) electrons. The molecule has 1 N–H and O–H groups in total. The number of benzene rings is 2. The van der Waals surface area contributed by atoms with Crippen molar-refractivity contribution in [1.82, 2.24) is 5.32 Å². The fraction of sp³-hybridized carbons (Fsp3) is 0.125. The molecule has 0 unspecified atom stereocenters. The molecule has 84 valence electrons. The molecule has 17 heavy (non-hydrogen) atoms. The number of rotatable bonds is 2. The highest BCUT2D eigenvalue weighted by molar-refractivity contribution is 5.94. The SMILES string of the molecule is c1ccc(C2=C(c3ccccc3)CNC2)cc1. The van der Waals surface area contributed by atoms with Crippen LogP contribution in [0.3, 0.4) is 0 Å². The lowest BCUT2D eigenvalue weighted by atomic mass is 9.97. The summed E-state index contributed by atoms with van der Waals surface area (Å²) >= 11 is 0. The van der Waals surface area contributed by atoms with E-state index in [2.05, 4.69) is 66.0 Å². The fourth-order valence-corrected chi connectivity index (χ4v) is 2.36. The van der Waals surface area contributed by atoms with Gasteiger partial charge in [-0.1, -0.05) is 60.7 Å². The van der Waals surface area contributed by atoms with Gasteiger partial charge in [0.05, 0.1) is 0 Å². The van der Waals surface area contributed by atoms with Crippen LogP contribution in [-0.4, -0.2) is 13.1 Å². The zero-order valence-corrected chi connectivity index (χ0v) is 9.69. The quantitative estimate of drug-likeness (QED) is 0.821. The van der Waals surface area contributed by atoms with Crippen LogP contribution in [-0.2, 0) is 0 Å². The van der Waals surface area contributed by atoms with Gasteiger partial charge in [0.2, 0.25) is 0 Å². The molecule has 1 aliphatic rings. The third-order valence-corrected chi connectivity index (χ3v) is 3.21. The lowest BCUT2D eigenvalue weighted by Gasteiger charge is -2.07. The summed E-state index contributed by atoms with van der Waals surface area (Å²) in [6, 6.07) is 21.3. The van der Waals surface area contributed by atoms with Gasteiger partial charge in [-0.2, -0.15) is 0 Å². The molecule has 0 amide bonds. The Morgan fingerprint density at radius 1 is 0.588 bits per heavy atom. The summed E-state index contributed by atoms with van der Waals surface area (Å²) < 4.78 is 0. The second kappa shape index (κ2) is 4.56. The van der Waals surface area contributed by atoms with Crippen molar-refractivity contribution in [3.05, 3.63) is 71.8 Å². The average Bonchev–Trinajstić information content (AvgIpc) is 2.90. The third-order valence-electron chi connectivity index (χ3n) is 3.21. The summed E-state index contributed by atoms with van der Waals surface area (Å²) in [6.07, 6.45) is 0. The average molecular weight is 221 g/mol. The molecular formula is C16H15N. The number of nitrogens with one attached hydrogen (secondary N) is 1. The van der Waals surface area contributed by atoms with Gasteiger partial charge in [0.15, 0.2) is 0 Å². The van der Waals surface area contributed by atoms with Crippen molar-refractivity contribution in [3.63, 3.8) is 0 Å². The first kappa shape index (κ1) is 10.3. The first-order valence-electron chi connectivity index (χ1n) is 5.99. The van der Waals surface area contributed by atoms with Crippen molar-refractivity contribution < 1.29 is 0 Å². The molecule has 1 heterocycles. The Labute approximate surface area is 102 Å². The summed E-state index contributed by atoms with van der Waals surface area (Å²) in [4.78, 5) is 0. The van der Waals surface area contributed by atoms with E-state index in [1.807, 2.05) is 0 Å². The maximum Gasteiger partial charge on any atom is 0.0218 e. The standard InChI is InChI=1S/C16H15N/c1-3-7-13(8-4-1)15-11-17-12-16(15)14-9-5-2-6-10-14/h1-10,17H,11-12H2. The molecular weight excluding hydrogens is 206 g/mol. The Morgan fingerprint density at radius 3 is 1.41 bits per heavy atom. The van der Waals surface area contributed by atoms with E-state index in [0.717, 1.165) is 13.1 Å². The second-order valence-electron chi connectivity index (χ2n) is 4.29. The van der Waals surface area contributed by atoms with E-state index in [9.17, 15) is 0 Å². The van der Waals surface area contributed by atoms with E-state index >= 15 is 0 Å². The molecule has 3 rings (SSSR count). The maximum atomic E-state index is 3.45. The molecule has 0 saturated carbocycles. The summed E-state index contributed by atoms with van der Waals surface area (Å²) in [5.41, 5.74) is 5.52. The van der Waals surface area contributed by atoms with Crippen LogP contribution in [0.4, 0.5) is 0 Å². The van der Waals surface area contributed by atoms with E-state index in [1.165, 1.54) is 22.3 Å². The van der Waals surface area contributed by atoms with Gasteiger partial charge in [0.1, 0.15) is 0 Å².